The highest BCUT2D eigenvalue weighted by atomic mass is 79.9. The van der Waals surface area contributed by atoms with Crippen molar-refractivity contribution in [2.75, 3.05) is 19.8 Å². The smallest absolute Gasteiger partial charge is 0.0815 e. The monoisotopic (exact) mass is 325 g/mol. The molecule has 4 heteroatoms. The summed E-state index contributed by atoms with van der Waals surface area (Å²) in [5, 5.41) is 14.0. The van der Waals surface area contributed by atoms with Crippen molar-refractivity contribution >= 4 is 15.9 Å². The van der Waals surface area contributed by atoms with E-state index in [1.165, 1.54) is 11.1 Å². The fraction of sp³-hybridized carbons (Fsp3) is 0.600. The molecule has 1 unspecified atom stereocenters. The number of ether oxygens (including phenoxy) is 1. The molecular weight excluding hydrogens is 306 g/mol. The molecule has 0 radical (unpaired) electrons. The van der Waals surface area contributed by atoms with Crippen LogP contribution in [0.4, 0.5) is 0 Å². The number of halogens is 1. The van der Waals surface area contributed by atoms with Crippen LogP contribution in [0.2, 0.25) is 0 Å². The summed E-state index contributed by atoms with van der Waals surface area (Å²) in [6.45, 7) is 2.01. The molecule has 0 bridgehead atoms. The molecule has 0 amide bonds. The molecular formula is C15H20BrNO2. The first-order chi connectivity index (χ1) is 9.16. The molecule has 1 aromatic carbocycles. The summed E-state index contributed by atoms with van der Waals surface area (Å²) in [6.07, 6.45) is 3.71. The summed E-state index contributed by atoms with van der Waals surface area (Å²) >= 11 is 3.52. The van der Waals surface area contributed by atoms with E-state index in [0.717, 1.165) is 30.2 Å². The average Bonchev–Trinajstić information content (AvgIpc) is 2.79. The van der Waals surface area contributed by atoms with E-state index >= 15 is 0 Å². The summed E-state index contributed by atoms with van der Waals surface area (Å²) in [4.78, 5) is 0. The van der Waals surface area contributed by atoms with Crippen molar-refractivity contribution < 1.29 is 9.84 Å². The van der Waals surface area contributed by atoms with Gasteiger partial charge in [-0.25, -0.2) is 0 Å². The molecule has 1 saturated heterocycles. The number of hydrogen-bond acceptors (Lipinski definition) is 3. The normalized spacial score (nSPS) is 25.3. The standard InChI is InChI=1S/C15H20BrNO2/c16-12-2-3-13-11(9-12)1-4-14(13)17-10-15(18)5-7-19-8-6-15/h2-3,9,14,17-18H,1,4-8,10H2. The van der Waals surface area contributed by atoms with E-state index in [1.807, 2.05) is 0 Å². The first kappa shape index (κ1) is 13.6. The van der Waals surface area contributed by atoms with Crippen molar-refractivity contribution in [1.82, 2.24) is 5.32 Å². The lowest BCUT2D eigenvalue weighted by molar-refractivity contribution is -0.0628. The van der Waals surface area contributed by atoms with Crippen LogP contribution in [0.3, 0.4) is 0 Å². The SMILES string of the molecule is OC1(CNC2CCc3cc(Br)ccc32)CCOCC1. The van der Waals surface area contributed by atoms with Gasteiger partial charge in [0.2, 0.25) is 0 Å². The molecule has 2 N–H and O–H groups in total. The summed E-state index contributed by atoms with van der Waals surface area (Å²) in [7, 11) is 0. The zero-order chi connectivity index (χ0) is 13.3. The Balaban J connectivity index is 1.63. The fourth-order valence-electron chi connectivity index (χ4n) is 3.04. The first-order valence-electron chi connectivity index (χ1n) is 6.98. The largest absolute Gasteiger partial charge is 0.388 e. The van der Waals surface area contributed by atoms with Crippen molar-refractivity contribution in [2.45, 2.75) is 37.3 Å². The van der Waals surface area contributed by atoms with Gasteiger partial charge in [0.25, 0.3) is 0 Å². The van der Waals surface area contributed by atoms with Crippen LogP contribution in [0.5, 0.6) is 0 Å². The molecule has 1 aromatic rings. The number of rotatable bonds is 3. The first-order valence-corrected chi connectivity index (χ1v) is 7.77. The minimum absolute atomic E-state index is 0.384. The molecule has 1 heterocycles. The van der Waals surface area contributed by atoms with Crippen molar-refractivity contribution in [2.24, 2.45) is 0 Å². The van der Waals surface area contributed by atoms with Crippen LogP contribution in [-0.4, -0.2) is 30.5 Å². The zero-order valence-electron chi connectivity index (χ0n) is 11.0. The van der Waals surface area contributed by atoms with Crippen LogP contribution in [0.15, 0.2) is 22.7 Å². The molecule has 1 aliphatic heterocycles. The Kier molecular flexibility index (Phi) is 3.94. The number of fused-ring (bicyclic) bond motifs is 1. The summed E-state index contributed by atoms with van der Waals surface area (Å²) < 4.78 is 6.46. The highest BCUT2D eigenvalue weighted by Gasteiger charge is 2.31. The van der Waals surface area contributed by atoms with Gasteiger partial charge in [-0.2, -0.15) is 0 Å². The van der Waals surface area contributed by atoms with Gasteiger partial charge in [-0.15, -0.1) is 0 Å². The van der Waals surface area contributed by atoms with Gasteiger partial charge in [0, 0.05) is 43.1 Å². The minimum atomic E-state index is -0.587. The topological polar surface area (TPSA) is 41.5 Å². The van der Waals surface area contributed by atoms with Crippen molar-refractivity contribution in [3.63, 3.8) is 0 Å². The van der Waals surface area contributed by atoms with Gasteiger partial charge in [0.05, 0.1) is 5.60 Å². The maximum Gasteiger partial charge on any atom is 0.0815 e. The Morgan fingerprint density at radius 2 is 2.16 bits per heavy atom. The van der Waals surface area contributed by atoms with E-state index in [1.54, 1.807) is 0 Å². The Bertz CT molecular complexity index is 457. The third kappa shape index (κ3) is 3.02. The Hall–Kier alpha value is -0.420. The lowest BCUT2D eigenvalue weighted by Gasteiger charge is -2.33. The highest BCUT2D eigenvalue weighted by molar-refractivity contribution is 9.10. The van der Waals surface area contributed by atoms with Crippen LogP contribution in [0, 0.1) is 0 Å². The van der Waals surface area contributed by atoms with Gasteiger partial charge < -0.3 is 15.2 Å². The van der Waals surface area contributed by atoms with Gasteiger partial charge in [0.15, 0.2) is 0 Å². The predicted molar refractivity (Wildman–Crippen MR) is 78.2 cm³/mol. The second kappa shape index (κ2) is 5.52. The summed E-state index contributed by atoms with van der Waals surface area (Å²) in [5.74, 6) is 0. The molecule has 19 heavy (non-hydrogen) atoms. The number of aliphatic hydroxyl groups is 1. The molecule has 3 nitrogen and oxygen atoms in total. The molecule has 0 aromatic heterocycles. The van der Waals surface area contributed by atoms with Crippen LogP contribution < -0.4 is 5.32 Å². The van der Waals surface area contributed by atoms with Crippen molar-refractivity contribution in [1.29, 1.82) is 0 Å². The minimum Gasteiger partial charge on any atom is -0.388 e. The summed E-state index contributed by atoms with van der Waals surface area (Å²) in [5.41, 5.74) is 2.22. The molecule has 104 valence electrons. The Labute approximate surface area is 122 Å². The van der Waals surface area contributed by atoms with E-state index in [4.69, 9.17) is 4.74 Å². The Morgan fingerprint density at radius 1 is 1.37 bits per heavy atom. The van der Waals surface area contributed by atoms with Crippen LogP contribution >= 0.6 is 15.9 Å². The third-order valence-corrected chi connectivity index (χ3v) is 4.78. The van der Waals surface area contributed by atoms with E-state index in [-0.39, 0.29) is 0 Å². The zero-order valence-corrected chi connectivity index (χ0v) is 12.6. The molecule has 0 saturated carbocycles. The third-order valence-electron chi connectivity index (χ3n) is 4.28. The quantitative estimate of drug-likeness (QED) is 0.897. The lowest BCUT2D eigenvalue weighted by Crippen LogP contribution is -2.45. The van der Waals surface area contributed by atoms with Crippen LogP contribution in [-0.2, 0) is 11.2 Å². The lowest BCUT2D eigenvalue weighted by atomic mass is 9.94. The molecule has 1 aliphatic carbocycles. The maximum atomic E-state index is 10.5. The van der Waals surface area contributed by atoms with Gasteiger partial charge in [-0.3, -0.25) is 0 Å². The van der Waals surface area contributed by atoms with E-state index in [9.17, 15) is 5.11 Å². The van der Waals surface area contributed by atoms with E-state index < -0.39 is 5.60 Å². The summed E-state index contributed by atoms with van der Waals surface area (Å²) in [6, 6.07) is 6.88. The molecule has 2 aliphatic rings. The van der Waals surface area contributed by atoms with Crippen molar-refractivity contribution in [3.8, 4) is 0 Å². The van der Waals surface area contributed by atoms with Gasteiger partial charge >= 0.3 is 0 Å². The number of aryl methyl sites for hydroxylation is 1. The predicted octanol–water partition coefficient (Wildman–Crippen LogP) is 2.57. The number of benzene rings is 1. The number of nitrogens with one attached hydrogen (secondary N) is 1. The molecule has 3 rings (SSSR count). The van der Waals surface area contributed by atoms with Gasteiger partial charge in [-0.05, 0) is 36.1 Å². The molecule has 1 atom stereocenters. The molecule has 0 spiro atoms. The molecule has 1 fully saturated rings. The Morgan fingerprint density at radius 3 is 2.95 bits per heavy atom. The van der Waals surface area contributed by atoms with Crippen molar-refractivity contribution in [3.05, 3.63) is 33.8 Å². The van der Waals surface area contributed by atoms with Crippen LogP contribution in [0.1, 0.15) is 36.4 Å². The van der Waals surface area contributed by atoms with Gasteiger partial charge in [0.1, 0.15) is 0 Å². The maximum absolute atomic E-state index is 10.5. The average molecular weight is 326 g/mol. The fourth-order valence-corrected chi connectivity index (χ4v) is 3.45. The van der Waals surface area contributed by atoms with E-state index in [2.05, 4.69) is 39.4 Å². The van der Waals surface area contributed by atoms with E-state index in [0.29, 0.717) is 25.8 Å². The van der Waals surface area contributed by atoms with Gasteiger partial charge in [-0.1, -0.05) is 22.0 Å². The number of hydrogen-bond donors (Lipinski definition) is 2. The second-order valence-electron chi connectivity index (χ2n) is 5.65. The van der Waals surface area contributed by atoms with Crippen LogP contribution in [0.25, 0.3) is 0 Å². The second-order valence-corrected chi connectivity index (χ2v) is 6.57. The highest BCUT2D eigenvalue weighted by Crippen LogP contribution is 2.33.